The van der Waals surface area contributed by atoms with Crippen LogP contribution in [0.25, 0.3) is 0 Å². The molecule has 0 bridgehead atoms. The number of halogens is 1. The molecule has 1 heterocycles. The first-order valence-corrected chi connectivity index (χ1v) is 7.88. The third kappa shape index (κ3) is 3.81. The minimum atomic E-state index is -0.113. The molecule has 2 atom stereocenters. The predicted molar refractivity (Wildman–Crippen MR) is 85.9 cm³/mol. The Labute approximate surface area is 129 Å². The second kappa shape index (κ2) is 7.20. The highest BCUT2D eigenvalue weighted by Gasteiger charge is 2.26. The quantitative estimate of drug-likeness (QED) is 0.885. The van der Waals surface area contributed by atoms with Gasteiger partial charge in [-0.05, 0) is 61.4 Å². The number of nitrogens with one attached hydrogen (secondary N) is 2. The zero-order valence-electron chi connectivity index (χ0n) is 12.0. The molecule has 0 radical (unpaired) electrons. The van der Waals surface area contributed by atoms with Gasteiger partial charge in [0.05, 0.1) is 11.7 Å². The van der Waals surface area contributed by atoms with Gasteiger partial charge in [0.1, 0.15) is 0 Å². The number of benzene rings is 1. The van der Waals surface area contributed by atoms with Gasteiger partial charge < -0.3 is 10.6 Å². The Morgan fingerprint density at radius 1 is 1.45 bits per heavy atom. The molecule has 0 aliphatic carbocycles. The Morgan fingerprint density at radius 3 is 2.90 bits per heavy atom. The van der Waals surface area contributed by atoms with E-state index >= 15 is 0 Å². The van der Waals surface area contributed by atoms with Crippen LogP contribution in [0, 0.1) is 0 Å². The van der Waals surface area contributed by atoms with Crippen LogP contribution in [0.2, 0.25) is 0 Å². The number of rotatable bonds is 4. The van der Waals surface area contributed by atoms with Crippen LogP contribution in [0.1, 0.15) is 19.8 Å². The maximum Gasteiger partial charge on any atom is 0.241 e. The molecule has 1 saturated heterocycles. The molecular weight excluding hydrogens is 318 g/mol. The molecule has 2 N–H and O–H groups in total. The number of amides is 1. The first-order valence-electron chi connectivity index (χ1n) is 7.08. The molecule has 0 spiro atoms. The van der Waals surface area contributed by atoms with Gasteiger partial charge in [-0.2, -0.15) is 0 Å². The lowest BCUT2D eigenvalue weighted by Crippen LogP contribution is -2.51. The summed E-state index contributed by atoms with van der Waals surface area (Å²) < 4.78 is 0.910. The predicted octanol–water partition coefficient (Wildman–Crippen LogP) is 2.46. The summed E-state index contributed by atoms with van der Waals surface area (Å²) in [7, 11) is 1.99. The number of likely N-dealkylation sites (N-methyl/N-ethyl adjacent to an activating group) is 1. The van der Waals surface area contributed by atoms with Crippen molar-refractivity contribution in [2.75, 3.05) is 25.5 Å². The summed E-state index contributed by atoms with van der Waals surface area (Å²) in [6, 6.07) is 8.06. The Hall–Kier alpha value is -0.910. The van der Waals surface area contributed by atoms with E-state index in [1.54, 1.807) is 0 Å². The van der Waals surface area contributed by atoms with Crippen LogP contribution < -0.4 is 10.6 Å². The number of carbonyl (C=O) groups is 1. The first kappa shape index (κ1) is 15.5. The van der Waals surface area contributed by atoms with Gasteiger partial charge in [-0.1, -0.05) is 12.1 Å². The molecule has 110 valence electrons. The van der Waals surface area contributed by atoms with Crippen molar-refractivity contribution in [2.45, 2.75) is 31.8 Å². The van der Waals surface area contributed by atoms with Crippen LogP contribution >= 0.6 is 15.9 Å². The summed E-state index contributed by atoms with van der Waals surface area (Å²) in [6.45, 7) is 3.90. The summed E-state index contributed by atoms with van der Waals surface area (Å²) in [4.78, 5) is 14.6. The van der Waals surface area contributed by atoms with Crippen LogP contribution in [-0.2, 0) is 4.79 Å². The smallest absolute Gasteiger partial charge is 0.241 e. The fraction of sp³-hybridized carbons (Fsp3) is 0.533. The van der Waals surface area contributed by atoms with Crippen molar-refractivity contribution in [3.8, 4) is 0 Å². The first-order chi connectivity index (χ1) is 9.61. The molecule has 4 nitrogen and oxygen atoms in total. The molecule has 1 amide bonds. The summed E-state index contributed by atoms with van der Waals surface area (Å²) >= 11 is 3.45. The number of piperidine rings is 1. The van der Waals surface area contributed by atoms with Crippen LogP contribution in [0.5, 0.6) is 0 Å². The van der Waals surface area contributed by atoms with Crippen molar-refractivity contribution in [3.05, 3.63) is 28.7 Å². The number of para-hydroxylation sites is 1. The molecule has 2 unspecified atom stereocenters. The topological polar surface area (TPSA) is 44.4 Å². The van der Waals surface area contributed by atoms with Gasteiger partial charge in [-0.25, -0.2) is 0 Å². The van der Waals surface area contributed by atoms with E-state index < -0.39 is 0 Å². The number of hydrogen-bond donors (Lipinski definition) is 2. The van der Waals surface area contributed by atoms with Crippen molar-refractivity contribution in [3.63, 3.8) is 0 Å². The van der Waals surface area contributed by atoms with Crippen LogP contribution in [0.3, 0.4) is 0 Å². The maximum atomic E-state index is 12.4. The van der Waals surface area contributed by atoms with E-state index in [9.17, 15) is 4.79 Å². The average Bonchev–Trinajstić information content (AvgIpc) is 2.48. The Kier molecular flexibility index (Phi) is 5.57. The second-order valence-electron chi connectivity index (χ2n) is 5.27. The molecule has 1 aliphatic heterocycles. The van der Waals surface area contributed by atoms with E-state index in [0.717, 1.165) is 29.7 Å². The normalized spacial score (nSPS) is 21.4. The highest BCUT2D eigenvalue weighted by Crippen LogP contribution is 2.22. The third-order valence-electron chi connectivity index (χ3n) is 3.92. The zero-order valence-corrected chi connectivity index (χ0v) is 13.6. The number of likely N-dealkylation sites (tertiary alicyclic amines) is 1. The van der Waals surface area contributed by atoms with Crippen molar-refractivity contribution in [1.82, 2.24) is 10.2 Å². The molecule has 1 aliphatic rings. The minimum absolute atomic E-state index is 0.0497. The Morgan fingerprint density at radius 2 is 2.20 bits per heavy atom. The SMILES string of the molecule is CNC1CCCN(C(C)C(=O)Nc2ccccc2Br)C1. The lowest BCUT2D eigenvalue weighted by Gasteiger charge is -2.36. The third-order valence-corrected chi connectivity index (χ3v) is 4.61. The van der Waals surface area contributed by atoms with Crippen molar-refractivity contribution >= 4 is 27.5 Å². The van der Waals surface area contributed by atoms with E-state index in [-0.39, 0.29) is 11.9 Å². The molecule has 1 aromatic rings. The number of carbonyl (C=O) groups excluding carboxylic acids is 1. The van der Waals surface area contributed by atoms with E-state index in [0.29, 0.717) is 6.04 Å². The average molecular weight is 340 g/mol. The second-order valence-corrected chi connectivity index (χ2v) is 6.12. The molecular formula is C15H22BrN3O. The van der Waals surface area contributed by atoms with E-state index in [4.69, 9.17) is 0 Å². The van der Waals surface area contributed by atoms with Gasteiger partial charge in [0.15, 0.2) is 0 Å². The Bertz CT molecular complexity index is 466. The zero-order chi connectivity index (χ0) is 14.5. The highest BCUT2D eigenvalue weighted by atomic mass is 79.9. The fourth-order valence-electron chi connectivity index (χ4n) is 2.56. The van der Waals surface area contributed by atoms with Crippen molar-refractivity contribution in [1.29, 1.82) is 0 Å². The summed E-state index contributed by atoms with van der Waals surface area (Å²) in [5.74, 6) is 0.0497. The van der Waals surface area contributed by atoms with E-state index in [1.807, 2.05) is 38.2 Å². The Balaban J connectivity index is 1.96. The van der Waals surface area contributed by atoms with E-state index in [2.05, 4.69) is 31.5 Å². The maximum absolute atomic E-state index is 12.4. The lowest BCUT2D eigenvalue weighted by molar-refractivity contribution is -0.121. The molecule has 2 rings (SSSR count). The van der Waals surface area contributed by atoms with Crippen LogP contribution in [0.4, 0.5) is 5.69 Å². The van der Waals surface area contributed by atoms with Gasteiger partial charge in [0, 0.05) is 17.1 Å². The van der Waals surface area contributed by atoms with Gasteiger partial charge in [0.2, 0.25) is 5.91 Å². The molecule has 0 saturated carbocycles. The molecule has 1 aromatic carbocycles. The summed E-state index contributed by atoms with van der Waals surface area (Å²) in [5, 5.41) is 6.30. The standard InChI is InChI=1S/C15H22BrN3O/c1-11(19-9-5-6-12(10-19)17-2)15(20)18-14-8-4-3-7-13(14)16/h3-4,7-8,11-12,17H,5-6,9-10H2,1-2H3,(H,18,20). The van der Waals surface area contributed by atoms with Crippen molar-refractivity contribution in [2.24, 2.45) is 0 Å². The van der Waals surface area contributed by atoms with Gasteiger partial charge in [-0.15, -0.1) is 0 Å². The van der Waals surface area contributed by atoms with Crippen molar-refractivity contribution < 1.29 is 4.79 Å². The fourth-order valence-corrected chi connectivity index (χ4v) is 2.94. The molecule has 5 heteroatoms. The highest BCUT2D eigenvalue weighted by molar-refractivity contribution is 9.10. The molecule has 0 aromatic heterocycles. The van der Waals surface area contributed by atoms with Gasteiger partial charge in [0.25, 0.3) is 0 Å². The number of hydrogen-bond acceptors (Lipinski definition) is 3. The lowest BCUT2D eigenvalue weighted by atomic mass is 10.0. The number of nitrogens with zero attached hydrogens (tertiary/aromatic N) is 1. The van der Waals surface area contributed by atoms with Gasteiger partial charge >= 0.3 is 0 Å². The molecule has 20 heavy (non-hydrogen) atoms. The largest absolute Gasteiger partial charge is 0.324 e. The van der Waals surface area contributed by atoms with E-state index in [1.165, 1.54) is 6.42 Å². The van der Waals surface area contributed by atoms with Gasteiger partial charge in [-0.3, -0.25) is 9.69 Å². The molecule has 1 fully saturated rings. The summed E-state index contributed by atoms with van der Waals surface area (Å²) in [6.07, 6.45) is 2.32. The summed E-state index contributed by atoms with van der Waals surface area (Å²) in [5.41, 5.74) is 0.825. The van der Waals surface area contributed by atoms with Crippen LogP contribution in [-0.4, -0.2) is 43.0 Å². The monoisotopic (exact) mass is 339 g/mol. The number of anilines is 1. The van der Waals surface area contributed by atoms with Crippen LogP contribution in [0.15, 0.2) is 28.7 Å². The minimum Gasteiger partial charge on any atom is -0.324 e.